The van der Waals surface area contributed by atoms with Gasteiger partial charge in [-0.15, -0.1) is 0 Å². The maximum Gasteiger partial charge on any atom is 0.379 e. The number of nitrogens with zero attached hydrogens (tertiary/aromatic N) is 1. The largest absolute Gasteiger partial charge is 0.471 e. The van der Waals surface area contributed by atoms with Crippen LogP contribution >= 0.6 is 23.2 Å². The molecular weight excluding hydrogens is 632 g/mol. The maximum atomic E-state index is 12.9. The zero-order valence-corrected chi connectivity index (χ0v) is 26.7. The first-order valence-electron chi connectivity index (χ1n) is 13.8. The average Bonchev–Trinajstić information content (AvgIpc) is 2.91. The minimum Gasteiger partial charge on any atom is -0.471 e. The molecule has 0 unspecified atom stereocenters. The molecule has 7 nitrogen and oxygen atoms in total. The summed E-state index contributed by atoms with van der Waals surface area (Å²) in [4.78, 5) is 40.7. The van der Waals surface area contributed by atoms with Crippen LogP contribution in [0.15, 0.2) is 24.4 Å². The molecule has 0 bridgehead atoms. The van der Waals surface area contributed by atoms with E-state index in [9.17, 15) is 36.3 Å². The van der Waals surface area contributed by atoms with E-state index in [1.165, 1.54) is 51.2 Å². The van der Waals surface area contributed by atoms with Crippen molar-refractivity contribution >= 4 is 46.5 Å². The summed E-state index contributed by atoms with van der Waals surface area (Å²) in [5.74, 6) is -0.610. The molecule has 2 amide bonds. The lowest BCUT2D eigenvalue weighted by Crippen LogP contribution is -2.34. The van der Waals surface area contributed by atoms with Crippen LogP contribution in [0.1, 0.15) is 93.0 Å². The molecule has 1 fully saturated rings. The van der Waals surface area contributed by atoms with Gasteiger partial charge in [0.2, 0.25) is 11.8 Å². The Hall–Kier alpha value is -2.99. The lowest BCUT2D eigenvalue weighted by molar-refractivity contribution is -0.128. The number of alkyl halides is 5. The van der Waals surface area contributed by atoms with Crippen molar-refractivity contribution < 1.29 is 41.1 Å². The van der Waals surface area contributed by atoms with Gasteiger partial charge in [-0.05, 0) is 30.5 Å². The number of anilines is 1. The van der Waals surface area contributed by atoms with Gasteiger partial charge < -0.3 is 15.4 Å². The standard InChI is InChI=1S/C22H23Cl2F2N3O4.C7H14.CHF3/c1-11(30)14-7-13(9-27-20(14)33-10-16(25)26)29-19(31)17-15(23)6-5-12(18(17)24)8-28-21(32)22(2,3)4;1-7-5-3-2-4-6-7;2-1(3)4/h5-7,9,16H,8,10H2,1-4H3,(H,28,32)(H,29,31);7H,2-6H2,1H3;1H. The second-order valence-electron chi connectivity index (χ2n) is 11.1. The van der Waals surface area contributed by atoms with Gasteiger partial charge >= 0.3 is 6.68 Å². The van der Waals surface area contributed by atoms with Gasteiger partial charge in [0.1, 0.15) is 0 Å². The molecule has 2 aromatic rings. The molecule has 0 radical (unpaired) electrons. The van der Waals surface area contributed by atoms with Crippen LogP contribution in [-0.2, 0) is 11.3 Å². The average molecular weight is 671 g/mol. The number of hydrogen-bond donors (Lipinski definition) is 2. The molecule has 1 aliphatic carbocycles. The molecule has 1 aromatic carbocycles. The SMILES string of the molecule is CC(=O)c1cc(NC(=O)c2c(Cl)ccc(CNC(=O)C(C)(C)C)c2Cl)cnc1OCC(F)F.CC1CCCCC1.FC(F)F. The van der Waals surface area contributed by atoms with E-state index in [4.69, 9.17) is 27.9 Å². The first-order valence-corrected chi connectivity index (χ1v) is 14.6. The van der Waals surface area contributed by atoms with E-state index in [0.717, 1.165) is 12.1 Å². The Labute approximate surface area is 264 Å². The molecule has 2 N–H and O–H groups in total. The van der Waals surface area contributed by atoms with Crippen LogP contribution in [0.5, 0.6) is 5.88 Å². The molecule has 0 atom stereocenters. The van der Waals surface area contributed by atoms with E-state index < -0.39 is 36.8 Å². The zero-order valence-electron chi connectivity index (χ0n) is 25.2. The van der Waals surface area contributed by atoms with Gasteiger partial charge in [0.05, 0.1) is 33.1 Å². The predicted octanol–water partition coefficient (Wildman–Crippen LogP) is 8.91. The van der Waals surface area contributed by atoms with Crippen LogP contribution in [0, 0.1) is 11.3 Å². The highest BCUT2D eigenvalue weighted by molar-refractivity contribution is 6.40. The van der Waals surface area contributed by atoms with Gasteiger partial charge in [-0.3, -0.25) is 14.4 Å². The van der Waals surface area contributed by atoms with E-state index in [-0.39, 0.29) is 45.2 Å². The number of Topliss-reactive ketones (excluding diaryl/α,β-unsaturated/α-hetero) is 1. The molecular formula is C30H38Cl2F5N3O4. The Morgan fingerprint density at radius 1 is 1.05 bits per heavy atom. The minimum absolute atomic E-state index is 0.0387. The lowest BCUT2D eigenvalue weighted by Gasteiger charge is -2.18. The van der Waals surface area contributed by atoms with Crippen molar-refractivity contribution in [2.45, 2.75) is 86.4 Å². The van der Waals surface area contributed by atoms with Crippen molar-refractivity contribution in [2.75, 3.05) is 11.9 Å². The number of halogens is 7. The van der Waals surface area contributed by atoms with Crippen LogP contribution in [0.2, 0.25) is 10.0 Å². The van der Waals surface area contributed by atoms with Crippen LogP contribution in [0.3, 0.4) is 0 Å². The fourth-order valence-corrected chi connectivity index (χ4v) is 4.52. The van der Waals surface area contributed by atoms with Crippen molar-refractivity contribution in [3.05, 3.63) is 51.1 Å². The summed E-state index contributed by atoms with van der Waals surface area (Å²) < 4.78 is 58.7. The number of hydrogen-bond acceptors (Lipinski definition) is 5. The fourth-order valence-electron chi connectivity index (χ4n) is 3.91. The molecule has 246 valence electrons. The van der Waals surface area contributed by atoms with E-state index in [1.54, 1.807) is 26.8 Å². The van der Waals surface area contributed by atoms with Crippen molar-refractivity contribution in [3.63, 3.8) is 0 Å². The molecule has 0 spiro atoms. The summed E-state index contributed by atoms with van der Waals surface area (Å²) in [7, 11) is 0. The van der Waals surface area contributed by atoms with Crippen molar-refractivity contribution in [2.24, 2.45) is 11.3 Å². The van der Waals surface area contributed by atoms with E-state index in [2.05, 4.69) is 22.5 Å². The maximum absolute atomic E-state index is 12.9. The number of rotatable bonds is 8. The normalized spacial score (nSPS) is 13.3. The van der Waals surface area contributed by atoms with Crippen molar-refractivity contribution in [1.82, 2.24) is 10.3 Å². The van der Waals surface area contributed by atoms with Gasteiger partial charge in [0.15, 0.2) is 12.4 Å². The first-order chi connectivity index (χ1) is 20.4. The van der Waals surface area contributed by atoms with Gasteiger partial charge in [0, 0.05) is 12.0 Å². The summed E-state index contributed by atoms with van der Waals surface area (Å²) in [6, 6.07) is 4.32. The summed E-state index contributed by atoms with van der Waals surface area (Å²) >= 11 is 12.6. The summed E-state index contributed by atoms with van der Waals surface area (Å²) in [5.41, 5.74) is -0.145. The Kier molecular flexibility index (Phi) is 16.6. The molecule has 1 saturated carbocycles. The van der Waals surface area contributed by atoms with E-state index in [1.807, 2.05) is 0 Å². The molecule has 14 heteroatoms. The number of aromatic nitrogens is 1. The summed E-state index contributed by atoms with van der Waals surface area (Å²) in [6.07, 6.45) is 5.85. The van der Waals surface area contributed by atoms with Crippen LogP contribution in [0.25, 0.3) is 0 Å². The summed E-state index contributed by atoms with van der Waals surface area (Å²) in [6.45, 7) is 4.34. The predicted molar refractivity (Wildman–Crippen MR) is 161 cm³/mol. The van der Waals surface area contributed by atoms with E-state index in [0.29, 0.717) is 5.56 Å². The molecule has 0 aliphatic heterocycles. The topological polar surface area (TPSA) is 97.4 Å². The molecule has 1 aromatic heterocycles. The molecule has 0 saturated heterocycles. The third-order valence-corrected chi connectivity index (χ3v) is 6.99. The molecule has 1 heterocycles. The second kappa shape index (κ2) is 18.7. The Bertz CT molecular complexity index is 1250. The Morgan fingerprint density at radius 2 is 1.64 bits per heavy atom. The van der Waals surface area contributed by atoms with Crippen LogP contribution in [0.4, 0.5) is 27.6 Å². The smallest absolute Gasteiger partial charge is 0.379 e. The number of ether oxygens (including phenoxy) is 1. The minimum atomic E-state index is -3.67. The molecule has 3 rings (SSSR count). The third kappa shape index (κ3) is 14.2. The van der Waals surface area contributed by atoms with Gasteiger partial charge in [-0.2, -0.15) is 13.2 Å². The highest BCUT2D eigenvalue weighted by Gasteiger charge is 2.23. The van der Waals surface area contributed by atoms with Crippen molar-refractivity contribution in [3.8, 4) is 5.88 Å². The molecule has 44 heavy (non-hydrogen) atoms. The number of amides is 2. The monoisotopic (exact) mass is 669 g/mol. The Balaban J connectivity index is 0.000000738. The highest BCUT2D eigenvalue weighted by atomic mass is 35.5. The van der Waals surface area contributed by atoms with Crippen molar-refractivity contribution in [1.29, 1.82) is 0 Å². The highest BCUT2D eigenvalue weighted by Crippen LogP contribution is 2.30. The number of nitrogens with one attached hydrogen (secondary N) is 2. The molecule has 1 aliphatic rings. The van der Waals surface area contributed by atoms with Crippen LogP contribution < -0.4 is 15.4 Å². The summed E-state index contributed by atoms with van der Waals surface area (Å²) in [5, 5.41) is 5.39. The third-order valence-electron chi connectivity index (χ3n) is 6.25. The number of pyridine rings is 1. The number of ketones is 1. The number of carbonyl (C=O) groups excluding carboxylic acids is 3. The number of carbonyl (C=O) groups is 3. The zero-order chi connectivity index (χ0) is 33.6. The van der Waals surface area contributed by atoms with Crippen LogP contribution in [-0.4, -0.2) is 42.3 Å². The first kappa shape index (κ1) is 39.0. The van der Waals surface area contributed by atoms with Gasteiger partial charge in [0.25, 0.3) is 12.3 Å². The lowest BCUT2D eigenvalue weighted by atomic mass is 9.91. The fraction of sp³-hybridized carbons (Fsp3) is 0.533. The van der Waals surface area contributed by atoms with Gasteiger partial charge in [-0.1, -0.05) is 89.1 Å². The second-order valence-corrected chi connectivity index (χ2v) is 11.9. The van der Waals surface area contributed by atoms with Gasteiger partial charge in [-0.25, -0.2) is 13.8 Å². The van der Waals surface area contributed by atoms with E-state index >= 15 is 0 Å². The Morgan fingerprint density at radius 3 is 2.11 bits per heavy atom. The number of benzene rings is 1. The quantitative estimate of drug-likeness (QED) is 0.216.